The fourth-order valence-electron chi connectivity index (χ4n) is 7.23. The average molecular weight is 588 g/mol. The van der Waals surface area contributed by atoms with Crippen molar-refractivity contribution in [1.82, 2.24) is 9.80 Å². The fraction of sp³-hybridized carbons (Fsp3) is 0.441. The summed E-state index contributed by atoms with van der Waals surface area (Å²) in [7, 11) is 0. The van der Waals surface area contributed by atoms with Gasteiger partial charge in [0, 0.05) is 30.6 Å². The second kappa shape index (κ2) is 12.5. The molecule has 0 aromatic heterocycles. The summed E-state index contributed by atoms with van der Waals surface area (Å²) in [6.07, 6.45) is 4.84. The molecule has 0 radical (unpaired) electrons. The number of thioether (sulfide) groups is 1. The van der Waals surface area contributed by atoms with Crippen molar-refractivity contribution < 1.29 is 19.5 Å². The molecule has 3 saturated heterocycles. The second-order valence-electron chi connectivity index (χ2n) is 11.9. The minimum atomic E-state index is -0.782. The van der Waals surface area contributed by atoms with E-state index in [9.17, 15) is 19.5 Å². The topological polar surface area (TPSA) is 81.2 Å². The number of likely N-dealkylation sites (tertiary alicyclic amines) is 1. The molecule has 1 N–H and O–H groups in total. The van der Waals surface area contributed by atoms with Crippen LogP contribution in [0.4, 0.5) is 5.69 Å². The van der Waals surface area contributed by atoms with E-state index in [2.05, 4.69) is 13.2 Å². The molecular formula is C34H41N3O4S. The predicted octanol–water partition coefficient (Wildman–Crippen LogP) is 4.53. The van der Waals surface area contributed by atoms with Gasteiger partial charge in [-0.1, -0.05) is 74.5 Å². The summed E-state index contributed by atoms with van der Waals surface area (Å²) in [5.41, 5.74) is 1.74. The Hall–Kier alpha value is -3.36. The number of fused-ring (bicyclic) bond motifs is 1. The van der Waals surface area contributed by atoms with E-state index in [4.69, 9.17) is 0 Å². The summed E-state index contributed by atoms with van der Waals surface area (Å²) in [5.74, 6) is -1.74. The Morgan fingerprint density at radius 3 is 2.29 bits per heavy atom. The van der Waals surface area contributed by atoms with Gasteiger partial charge < -0.3 is 19.8 Å². The van der Waals surface area contributed by atoms with Crippen LogP contribution >= 0.6 is 11.8 Å². The molecule has 222 valence electrons. The first kappa shape index (κ1) is 30.1. The van der Waals surface area contributed by atoms with Gasteiger partial charge in [-0.15, -0.1) is 24.9 Å². The highest BCUT2D eigenvalue weighted by atomic mass is 32.2. The highest BCUT2D eigenvalue weighted by molar-refractivity contribution is 8.02. The van der Waals surface area contributed by atoms with Gasteiger partial charge in [-0.05, 0) is 36.5 Å². The smallest absolute Gasteiger partial charge is 0.247 e. The van der Waals surface area contributed by atoms with Gasteiger partial charge in [-0.25, -0.2) is 0 Å². The molecule has 3 amide bonds. The number of hydrogen-bond donors (Lipinski definition) is 1. The first-order valence-electron chi connectivity index (χ1n) is 14.8. The molecule has 8 heteroatoms. The number of carbonyl (C=O) groups excluding carboxylic acids is 3. The number of aliphatic hydroxyl groups excluding tert-OH is 1. The molecule has 3 heterocycles. The number of nitrogens with zero attached hydrogens (tertiary/aromatic N) is 3. The molecule has 2 bridgehead atoms. The lowest BCUT2D eigenvalue weighted by molar-refractivity contribution is -0.147. The van der Waals surface area contributed by atoms with E-state index >= 15 is 0 Å². The van der Waals surface area contributed by atoms with Gasteiger partial charge in [0.05, 0.1) is 29.2 Å². The van der Waals surface area contributed by atoms with Crippen LogP contribution in [0.5, 0.6) is 0 Å². The summed E-state index contributed by atoms with van der Waals surface area (Å²) in [6.45, 7) is 12.5. The van der Waals surface area contributed by atoms with Crippen molar-refractivity contribution in [2.45, 2.75) is 55.3 Å². The normalized spacial score (nSPS) is 26.7. The van der Waals surface area contributed by atoms with Crippen LogP contribution in [0.2, 0.25) is 0 Å². The van der Waals surface area contributed by atoms with Gasteiger partial charge >= 0.3 is 0 Å². The Labute approximate surface area is 253 Å². The van der Waals surface area contributed by atoms with Crippen molar-refractivity contribution in [2.75, 3.05) is 24.6 Å². The van der Waals surface area contributed by atoms with Gasteiger partial charge in [-0.3, -0.25) is 14.4 Å². The number of para-hydroxylation sites is 1. The molecule has 42 heavy (non-hydrogen) atoms. The molecule has 6 atom stereocenters. The Morgan fingerprint density at radius 2 is 1.69 bits per heavy atom. The lowest BCUT2D eigenvalue weighted by atomic mass is 9.70. The van der Waals surface area contributed by atoms with E-state index < -0.39 is 28.7 Å². The SMILES string of the molecule is C=CCN(Cc1ccccc1)C(=O)C1N([C@@H](CO)C(C)C)C(=O)[C@@H]2[C@H](C(=O)N(CC=C)c3ccccc3)[C@@H]3CCC12S3. The first-order chi connectivity index (χ1) is 20.3. The molecule has 0 aliphatic carbocycles. The van der Waals surface area contributed by atoms with E-state index in [1.165, 1.54) is 0 Å². The highest BCUT2D eigenvalue weighted by Gasteiger charge is 2.74. The predicted molar refractivity (Wildman–Crippen MR) is 168 cm³/mol. The first-order valence-corrected chi connectivity index (χ1v) is 15.7. The number of rotatable bonds is 12. The van der Waals surface area contributed by atoms with Gasteiger partial charge in [0.25, 0.3) is 0 Å². The number of anilines is 1. The molecule has 7 nitrogen and oxygen atoms in total. The van der Waals surface area contributed by atoms with Crippen molar-refractivity contribution in [3.05, 3.63) is 91.5 Å². The van der Waals surface area contributed by atoms with Gasteiger partial charge in [-0.2, -0.15) is 0 Å². The van der Waals surface area contributed by atoms with Crippen molar-refractivity contribution in [3.8, 4) is 0 Å². The number of hydrogen-bond acceptors (Lipinski definition) is 5. The lowest BCUT2D eigenvalue weighted by Gasteiger charge is -2.40. The molecule has 3 aliphatic heterocycles. The Morgan fingerprint density at radius 1 is 1.05 bits per heavy atom. The molecule has 3 aliphatic rings. The minimum Gasteiger partial charge on any atom is -0.394 e. The summed E-state index contributed by atoms with van der Waals surface area (Å²) in [6, 6.07) is 17.9. The third kappa shape index (κ3) is 5.09. The van der Waals surface area contributed by atoms with Gasteiger partial charge in [0.1, 0.15) is 6.04 Å². The van der Waals surface area contributed by atoms with Crippen LogP contribution in [0.25, 0.3) is 0 Å². The number of carbonyl (C=O) groups is 3. The van der Waals surface area contributed by atoms with E-state index in [0.29, 0.717) is 26.1 Å². The van der Waals surface area contributed by atoms with Crippen LogP contribution in [-0.2, 0) is 20.9 Å². The molecule has 0 saturated carbocycles. The highest BCUT2D eigenvalue weighted by Crippen LogP contribution is 2.67. The molecule has 2 unspecified atom stereocenters. The molecule has 2 aromatic carbocycles. The third-order valence-electron chi connectivity index (χ3n) is 9.09. The zero-order valence-electron chi connectivity index (χ0n) is 24.5. The molecule has 5 rings (SSSR count). The lowest BCUT2D eigenvalue weighted by Crippen LogP contribution is -2.58. The zero-order valence-corrected chi connectivity index (χ0v) is 25.3. The standard InChI is InChI=1S/C34H41N3O4S/c1-5-19-35(21-24-13-9-7-10-14-24)33(41)30-34-18-17-27(42-34)28(29(34)32(40)37(30)26(22-38)23(3)4)31(39)36(20-6-2)25-15-11-8-12-16-25/h5-16,23,26-30,38H,1-2,17-22H2,3-4H3/t26-,27-,28+,29-,30?,34?/m0/s1. The van der Waals surface area contributed by atoms with Gasteiger partial charge in [0.15, 0.2) is 0 Å². The average Bonchev–Trinajstić information content (AvgIpc) is 3.64. The minimum absolute atomic E-state index is 0.0615. The number of benzene rings is 2. The third-order valence-corrected chi connectivity index (χ3v) is 11.0. The largest absolute Gasteiger partial charge is 0.394 e. The number of amides is 3. The zero-order chi connectivity index (χ0) is 30.0. The van der Waals surface area contributed by atoms with Crippen LogP contribution in [-0.4, -0.2) is 74.4 Å². The van der Waals surface area contributed by atoms with E-state index in [1.54, 1.807) is 38.6 Å². The monoisotopic (exact) mass is 587 g/mol. The van der Waals surface area contributed by atoms with Crippen LogP contribution in [0, 0.1) is 17.8 Å². The summed E-state index contributed by atoms with van der Waals surface area (Å²) < 4.78 is -0.742. The summed E-state index contributed by atoms with van der Waals surface area (Å²) >= 11 is 1.65. The number of aliphatic hydroxyl groups is 1. The van der Waals surface area contributed by atoms with Crippen molar-refractivity contribution >= 4 is 35.2 Å². The Bertz CT molecular complexity index is 1320. The quantitative estimate of drug-likeness (QED) is 0.369. The van der Waals surface area contributed by atoms with E-state index in [-0.39, 0.29) is 35.5 Å². The van der Waals surface area contributed by atoms with Crippen molar-refractivity contribution in [1.29, 1.82) is 0 Å². The summed E-state index contributed by atoms with van der Waals surface area (Å²) in [5, 5.41) is 10.5. The van der Waals surface area contributed by atoms with E-state index in [0.717, 1.165) is 17.7 Å². The molecule has 1 spiro atoms. The van der Waals surface area contributed by atoms with E-state index in [1.807, 2.05) is 74.5 Å². The molecular weight excluding hydrogens is 546 g/mol. The van der Waals surface area contributed by atoms with Crippen LogP contribution in [0.3, 0.4) is 0 Å². The van der Waals surface area contributed by atoms with Crippen molar-refractivity contribution in [2.24, 2.45) is 17.8 Å². The van der Waals surface area contributed by atoms with Crippen molar-refractivity contribution in [3.63, 3.8) is 0 Å². The maximum atomic E-state index is 14.7. The Balaban J connectivity index is 1.57. The second-order valence-corrected chi connectivity index (χ2v) is 13.5. The Kier molecular flexibility index (Phi) is 8.94. The molecule has 2 aromatic rings. The summed E-state index contributed by atoms with van der Waals surface area (Å²) in [4.78, 5) is 48.8. The van der Waals surface area contributed by atoms with Crippen LogP contribution in [0.1, 0.15) is 32.3 Å². The fourth-order valence-corrected chi connectivity index (χ4v) is 9.43. The van der Waals surface area contributed by atoms with Crippen LogP contribution in [0.15, 0.2) is 86.0 Å². The molecule has 3 fully saturated rings. The maximum absolute atomic E-state index is 14.7. The maximum Gasteiger partial charge on any atom is 0.247 e. The van der Waals surface area contributed by atoms with Gasteiger partial charge in [0.2, 0.25) is 17.7 Å². The van der Waals surface area contributed by atoms with Crippen LogP contribution < -0.4 is 4.90 Å².